The first-order valence-corrected chi connectivity index (χ1v) is 6.84. The van der Waals surface area contributed by atoms with E-state index in [4.69, 9.17) is 9.47 Å². The van der Waals surface area contributed by atoms with Gasteiger partial charge in [0, 0.05) is 7.11 Å². The highest BCUT2D eigenvalue weighted by Gasteiger charge is 1.95. The van der Waals surface area contributed by atoms with E-state index >= 15 is 0 Å². The van der Waals surface area contributed by atoms with Gasteiger partial charge in [-0.05, 0) is 32.4 Å². The van der Waals surface area contributed by atoms with Crippen LogP contribution in [0, 0.1) is 20.8 Å². The maximum Gasteiger partial charge on any atom is 0.122 e. The summed E-state index contributed by atoms with van der Waals surface area (Å²) in [7, 11) is 1.67. The zero-order valence-corrected chi connectivity index (χ0v) is 12.8. The standard InChI is InChI=1S/C10H14O2.C8H10/c1-9-5-3-4-6-10(9)12-8-7-11-2;1-7-3-5-8(2)6-4-7/h3-6H,7-8H2,1-2H3;3-6H,1-2H3. The molecule has 2 rings (SSSR count). The van der Waals surface area contributed by atoms with E-state index in [1.165, 1.54) is 11.1 Å². The average molecular weight is 272 g/mol. The molecule has 0 aliphatic rings. The van der Waals surface area contributed by atoms with Gasteiger partial charge in [-0.1, -0.05) is 53.6 Å². The monoisotopic (exact) mass is 272 g/mol. The van der Waals surface area contributed by atoms with Gasteiger partial charge in [-0.15, -0.1) is 0 Å². The summed E-state index contributed by atoms with van der Waals surface area (Å²) in [5.41, 5.74) is 3.82. The first-order chi connectivity index (χ1) is 9.63. The summed E-state index contributed by atoms with van der Waals surface area (Å²) in [4.78, 5) is 0. The van der Waals surface area contributed by atoms with Crippen LogP contribution < -0.4 is 4.74 Å². The van der Waals surface area contributed by atoms with E-state index in [2.05, 4.69) is 38.1 Å². The molecule has 0 aliphatic heterocycles. The van der Waals surface area contributed by atoms with Crippen molar-refractivity contribution in [1.82, 2.24) is 0 Å². The fraction of sp³-hybridized carbons (Fsp3) is 0.333. The van der Waals surface area contributed by atoms with Gasteiger partial charge in [0.05, 0.1) is 6.61 Å². The fourth-order valence-electron chi connectivity index (χ4n) is 1.59. The molecule has 20 heavy (non-hydrogen) atoms. The van der Waals surface area contributed by atoms with Crippen LogP contribution in [-0.2, 0) is 4.74 Å². The Hall–Kier alpha value is -1.80. The molecule has 2 nitrogen and oxygen atoms in total. The molecular formula is C18H24O2. The van der Waals surface area contributed by atoms with Gasteiger partial charge in [-0.2, -0.15) is 0 Å². The number of hydrogen-bond donors (Lipinski definition) is 0. The molecule has 0 saturated heterocycles. The van der Waals surface area contributed by atoms with Crippen LogP contribution in [0.5, 0.6) is 5.75 Å². The highest BCUT2D eigenvalue weighted by Crippen LogP contribution is 2.15. The Morgan fingerprint density at radius 3 is 1.80 bits per heavy atom. The van der Waals surface area contributed by atoms with E-state index < -0.39 is 0 Å². The second-order valence-electron chi connectivity index (χ2n) is 4.76. The molecule has 0 unspecified atom stereocenters. The molecule has 0 saturated carbocycles. The Morgan fingerprint density at radius 2 is 1.30 bits per heavy atom. The van der Waals surface area contributed by atoms with E-state index in [-0.39, 0.29) is 0 Å². The van der Waals surface area contributed by atoms with Crippen molar-refractivity contribution in [3.63, 3.8) is 0 Å². The first-order valence-electron chi connectivity index (χ1n) is 6.84. The van der Waals surface area contributed by atoms with Crippen LogP contribution >= 0.6 is 0 Å². The van der Waals surface area contributed by atoms with E-state index in [9.17, 15) is 0 Å². The molecule has 0 aromatic heterocycles. The second-order valence-corrected chi connectivity index (χ2v) is 4.76. The molecular weight excluding hydrogens is 248 g/mol. The van der Waals surface area contributed by atoms with E-state index in [1.54, 1.807) is 7.11 Å². The lowest BCUT2D eigenvalue weighted by Crippen LogP contribution is -2.04. The van der Waals surface area contributed by atoms with Crippen molar-refractivity contribution in [3.8, 4) is 5.75 Å². The van der Waals surface area contributed by atoms with Gasteiger partial charge in [-0.3, -0.25) is 0 Å². The van der Waals surface area contributed by atoms with Crippen molar-refractivity contribution in [3.05, 3.63) is 65.2 Å². The lowest BCUT2D eigenvalue weighted by atomic mass is 10.2. The quantitative estimate of drug-likeness (QED) is 0.772. The SMILES string of the molecule is COCCOc1ccccc1C.Cc1ccc(C)cc1. The minimum absolute atomic E-state index is 0.612. The highest BCUT2D eigenvalue weighted by atomic mass is 16.5. The minimum atomic E-state index is 0.612. The molecule has 2 aromatic rings. The van der Waals surface area contributed by atoms with Gasteiger partial charge in [0.25, 0.3) is 0 Å². The molecule has 0 heterocycles. The topological polar surface area (TPSA) is 18.5 Å². The Bertz CT molecular complexity index is 468. The molecule has 0 radical (unpaired) electrons. The van der Waals surface area contributed by atoms with Crippen molar-refractivity contribution in [2.24, 2.45) is 0 Å². The summed E-state index contributed by atoms with van der Waals surface area (Å²) in [6.07, 6.45) is 0. The maximum absolute atomic E-state index is 5.45. The fourth-order valence-corrected chi connectivity index (χ4v) is 1.59. The van der Waals surface area contributed by atoms with Gasteiger partial charge in [0.15, 0.2) is 0 Å². The molecule has 0 fully saturated rings. The smallest absolute Gasteiger partial charge is 0.122 e. The van der Waals surface area contributed by atoms with Crippen LogP contribution in [0.3, 0.4) is 0 Å². The first kappa shape index (κ1) is 16.3. The number of methoxy groups -OCH3 is 1. The Labute approximate surface area is 122 Å². The number of hydrogen-bond acceptors (Lipinski definition) is 2. The lowest BCUT2D eigenvalue weighted by molar-refractivity contribution is 0.146. The summed E-state index contributed by atoms with van der Waals surface area (Å²) in [5.74, 6) is 0.939. The highest BCUT2D eigenvalue weighted by molar-refractivity contribution is 5.31. The van der Waals surface area contributed by atoms with Crippen LogP contribution in [0.2, 0.25) is 0 Å². The van der Waals surface area contributed by atoms with E-state index in [1.807, 2.05) is 31.2 Å². The molecule has 0 spiro atoms. The van der Waals surface area contributed by atoms with Crippen LogP contribution in [0.1, 0.15) is 16.7 Å². The van der Waals surface area contributed by atoms with Crippen molar-refractivity contribution >= 4 is 0 Å². The van der Waals surface area contributed by atoms with Gasteiger partial charge in [0.2, 0.25) is 0 Å². The van der Waals surface area contributed by atoms with Gasteiger partial charge < -0.3 is 9.47 Å². The summed E-state index contributed by atoms with van der Waals surface area (Å²) in [5, 5.41) is 0. The minimum Gasteiger partial charge on any atom is -0.491 e. The second kappa shape index (κ2) is 9.16. The summed E-state index contributed by atoms with van der Waals surface area (Å²) < 4.78 is 10.3. The van der Waals surface area contributed by atoms with Crippen LogP contribution in [0.15, 0.2) is 48.5 Å². The Kier molecular flexibility index (Phi) is 7.44. The maximum atomic E-state index is 5.45. The zero-order valence-electron chi connectivity index (χ0n) is 12.8. The van der Waals surface area contributed by atoms with Crippen LogP contribution in [-0.4, -0.2) is 20.3 Å². The zero-order chi connectivity index (χ0) is 14.8. The molecule has 108 valence electrons. The summed E-state index contributed by atoms with van der Waals surface area (Å²) in [6.45, 7) is 7.47. The van der Waals surface area contributed by atoms with Crippen molar-refractivity contribution < 1.29 is 9.47 Å². The van der Waals surface area contributed by atoms with Crippen LogP contribution in [0.4, 0.5) is 0 Å². The number of para-hydroxylation sites is 1. The van der Waals surface area contributed by atoms with Gasteiger partial charge >= 0.3 is 0 Å². The predicted octanol–water partition coefficient (Wildman–Crippen LogP) is 4.32. The normalized spacial score (nSPS) is 9.60. The Balaban J connectivity index is 0.000000217. The number of aryl methyl sites for hydroxylation is 3. The van der Waals surface area contributed by atoms with Crippen molar-refractivity contribution in [1.29, 1.82) is 0 Å². The number of ether oxygens (including phenoxy) is 2. The average Bonchev–Trinajstić information content (AvgIpc) is 2.45. The number of benzene rings is 2. The Morgan fingerprint density at radius 1 is 0.750 bits per heavy atom. The third-order valence-corrected chi connectivity index (χ3v) is 2.86. The molecule has 2 heteroatoms. The summed E-state index contributed by atoms with van der Waals surface area (Å²) >= 11 is 0. The predicted molar refractivity (Wildman–Crippen MR) is 84.5 cm³/mol. The van der Waals surface area contributed by atoms with Crippen molar-refractivity contribution in [2.75, 3.05) is 20.3 Å². The van der Waals surface area contributed by atoms with Crippen molar-refractivity contribution in [2.45, 2.75) is 20.8 Å². The van der Waals surface area contributed by atoms with Gasteiger partial charge in [0.1, 0.15) is 12.4 Å². The van der Waals surface area contributed by atoms with Crippen LogP contribution in [0.25, 0.3) is 0 Å². The molecule has 0 N–H and O–H groups in total. The molecule has 0 amide bonds. The largest absolute Gasteiger partial charge is 0.491 e. The molecule has 0 atom stereocenters. The van der Waals surface area contributed by atoms with E-state index in [0.29, 0.717) is 13.2 Å². The third-order valence-electron chi connectivity index (χ3n) is 2.86. The molecule has 0 bridgehead atoms. The lowest BCUT2D eigenvalue weighted by Gasteiger charge is -2.07. The molecule has 0 aliphatic carbocycles. The summed E-state index contributed by atoms with van der Waals surface area (Å²) in [6, 6.07) is 16.4. The third kappa shape index (κ3) is 6.39. The van der Waals surface area contributed by atoms with Gasteiger partial charge in [-0.25, -0.2) is 0 Å². The molecule has 2 aromatic carbocycles. The number of rotatable bonds is 4. The van der Waals surface area contributed by atoms with E-state index in [0.717, 1.165) is 11.3 Å².